The number of piperazine rings is 1. The first-order chi connectivity index (χ1) is 12.6. The monoisotopic (exact) mass is 377 g/mol. The third-order valence-corrected chi connectivity index (χ3v) is 5.97. The van der Waals surface area contributed by atoms with Crippen LogP contribution in [-0.4, -0.2) is 71.5 Å². The van der Waals surface area contributed by atoms with Crippen LogP contribution >= 0.6 is 11.6 Å². The summed E-state index contributed by atoms with van der Waals surface area (Å²) in [6.07, 6.45) is 5.25. The summed E-state index contributed by atoms with van der Waals surface area (Å²) < 4.78 is 0. The highest BCUT2D eigenvalue weighted by atomic mass is 35.5. The van der Waals surface area contributed by atoms with Crippen LogP contribution < -0.4 is 10.2 Å². The van der Waals surface area contributed by atoms with Crippen molar-refractivity contribution in [1.82, 2.24) is 20.1 Å². The summed E-state index contributed by atoms with van der Waals surface area (Å²) in [5, 5.41) is 3.58. The molecule has 7 nitrogen and oxygen atoms in total. The Morgan fingerprint density at radius 2 is 1.81 bits per heavy atom. The SMILES string of the molecule is O=C1NC2(CCCC2)C(=O)N1CCN1CCN(c2ccc(Cl)cn2)CC1. The molecule has 0 aromatic carbocycles. The van der Waals surface area contributed by atoms with Gasteiger partial charge in [-0.25, -0.2) is 9.78 Å². The third-order valence-electron chi connectivity index (χ3n) is 5.75. The molecule has 140 valence electrons. The van der Waals surface area contributed by atoms with Crippen molar-refractivity contribution < 1.29 is 9.59 Å². The van der Waals surface area contributed by atoms with E-state index in [9.17, 15) is 9.59 Å². The fourth-order valence-corrected chi connectivity index (χ4v) is 4.31. The van der Waals surface area contributed by atoms with E-state index in [-0.39, 0.29) is 11.9 Å². The number of nitrogens with zero attached hydrogens (tertiary/aromatic N) is 4. The molecule has 3 fully saturated rings. The number of anilines is 1. The lowest BCUT2D eigenvalue weighted by Crippen LogP contribution is -2.49. The van der Waals surface area contributed by atoms with Crippen LogP contribution in [0.3, 0.4) is 0 Å². The number of carbonyl (C=O) groups is 2. The Morgan fingerprint density at radius 1 is 1.08 bits per heavy atom. The van der Waals surface area contributed by atoms with Gasteiger partial charge in [0.25, 0.3) is 5.91 Å². The molecule has 0 atom stereocenters. The lowest BCUT2D eigenvalue weighted by molar-refractivity contribution is -0.131. The van der Waals surface area contributed by atoms with Gasteiger partial charge in [-0.15, -0.1) is 0 Å². The van der Waals surface area contributed by atoms with Gasteiger partial charge in [-0.3, -0.25) is 14.6 Å². The molecule has 3 heterocycles. The number of halogens is 1. The van der Waals surface area contributed by atoms with E-state index in [1.165, 1.54) is 4.90 Å². The fraction of sp³-hybridized carbons (Fsp3) is 0.611. The predicted octanol–water partition coefficient (Wildman–Crippen LogP) is 1.72. The van der Waals surface area contributed by atoms with E-state index in [2.05, 4.69) is 20.1 Å². The first-order valence-corrected chi connectivity index (χ1v) is 9.68. The highest BCUT2D eigenvalue weighted by Gasteiger charge is 2.52. The second kappa shape index (κ2) is 7.04. The topological polar surface area (TPSA) is 68.8 Å². The minimum absolute atomic E-state index is 0.0241. The van der Waals surface area contributed by atoms with Gasteiger partial charge in [0.1, 0.15) is 11.4 Å². The summed E-state index contributed by atoms with van der Waals surface area (Å²) in [4.78, 5) is 35.2. The summed E-state index contributed by atoms with van der Waals surface area (Å²) in [5.74, 6) is 0.912. The molecule has 1 aliphatic carbocycles. The lowest BCUT2D eigenvalue weighted by atomic mass is 9.98. The van der Waals surface area contributed by atoms with Gasteiger partial charge in [-0.05, 0) is 25.0 Å². The van der Waals surface area contributed by atoms with Crippen molar-refractivity contribution in [2.24, 2.45) is 0 Å². The fourth-order valence-electron chi connectivity index (χ4n) is 4.19. The molecule has 0 radical (unpaired) electrons. The normalized spacial score (nSPS) is 23.1. The van der Waals surface area contributed by atoms with Crippen molar-refractivity contribution in [3.05, 3.63) is 23.4 Å². The number of nitrogens with one attached hydrogen (secondary N) is 1. The molecule has 26 heavy (non-hydrogen) atoms. The third kappa shape index (κ3) is 3.25. The van der Waals surface area contributed by atoms with Crippen molar-refractivity contribution in [2.45, 2.75) is 31.2 Å². The Morgan fingerprint density at radius 3 is 2.46 bits per heavy atom. The Balaban J connectivity index is 1.28. The number of imide groups is 1. The van der Waals surface area contributed by atoms with Crippen molar-refractivity contribution >= 4 is 29.4 Å². The van der Waals surface area contributed by atoms with Crippen molar-refractivity contribution in [2.75, 3.05) is 44.2 Å². The van der Waals surface area contributed by atoms with Crippen LogP contribution in [0.5, 0.6) is 0 Å². The van der Waals surface area contributed by atoms with Gasteiger partial charge in [0, 0.05) is 45.5 Å². The van der Waals surface area contributed by atoms with E-state index < -0.39 is 5.54 Å². The first kappa shape index (κ1) is 17.5. The predicted molar refractivity (Wildman–Crippen MR) is 99.3 cm³/mol. The van der Waals surface area contributed by atoms with E-state index >= 15 is 0 Å². The van der Waals surface area contributed by atoms with Crippen LogP contribution in [0.1, 0.15) is 25.7 Å². The molecule has 1 N–H and O–H groups in total. The minimum atomic E-state index is -0.601. The molecule has 2 saturated heterocycles. The van der Waals surface area contributed by atoms with E-state index in [1.54, 1.807) is 6.20 Å². The number of amides is 3. The maximum Gasteiger partial charge on any atom is 0.325 e. The number of urea groups is 1. The number of rotatable bonds is 4. The molecular weight excluding hydrogens is 354 g/mol. The van der Waals surface area contributed by atoms with E-state index in [4.69, 9.17) is 11.6 Å². The molecule has 4 rings (SSSR count). The first-order valence-electron chi connectivity index (χ1n) is 9.30. The summed E-state index contributed by atoms with van der Waals surface area (Å²) >= 11 is 5.89. The highest BCUT2D eigenvalue weighted by molar-refractivity contribution is 6.30. The van der Waals surface area contributed by atoms with Gasteiger partial charge < -0.3 is 10.2 Å². The summed E-state index contributed by atoms with van der Waals surface area (Å²) in [6, 6.07) is 3.57. The van der Waals surface area contributed by atoms with Gasteiger partial charge in [0.15, 0.2) is 0 Å². The van der Waals surface area contributed by atoms with Gasteiger partial charge in [-0.1, -0.05) is 24.4 Å². The molecule has 0 unspecified atom stereocenters. The summed E-state index contributed by atoms with van der Waals surface area (Å²) in [5.41, 5.74) is -0.601. The second-order valence-corrected chi connectivity index (χ2v) is 7.78. The van der Waals surface area contributed by atoms with E-state index in [1.807, 2.05) is 12.1 Å². The zero-order valence-electron chi connectivity index (χ0n) is 14.8. The van der Waals surface area contributed by atoms with E-state index in [0.29, 0.717) is 11.6 Å². The summed E-state index contributed by atoms with van der Waals surface area (Å²) in [6.45, 7) is 4.71. The van der Waals surface area contributed by atoms with Crippen LogP contribution in [0.25, 0.3) is 0 Å². The Kier molecular flexibility index (Phi) is 4.75. The molecule has 1 aromatic heterocycles. The average molecular weight is 378 g/mol. The number of hydrogen-bond donors (Lipinski definition) is 1. The Bertz CT molecular complexity index is 681. The summed E-state index contributed by atoms with van der Waals surface area (Å²) in [7, 11) is 0. The van der Waals surface area contributed by atoms with Gasteiger partial charge in [0.05, 0.1) is 5.02 Å². The quantitative estimate of drug-likeness (QED) is 0.809. The molecule has 3 amide bonds. The largest absolute Gasteiger partial charge is 0.354 e. The minimum Gasteiger partial charge on any atom is -0.354 e. The van der Waals surface area contributed by atoms with Crippen LogP contribution in [-0.2, 0) is 4.79 Å². The molecule has 2 aliphatic heterocycles. The standard InChI is InChI=1S/C18H24ClN5O2/c19-14-3-4-15(20-13-14)23-10-7-22(8-11-23)9-12-24-16(25)18(21-17(24)26)5-1-2-6-18/h3-4,13H,1-2,5-12H2,(H,21,26). The molecule has 8 heteroatoms. The molecule has 1 spiro atoms. The number of hydrogen-bond acceptors (Lipinski definition) is 5. The smallest absolute Gasteiger partial charge is 0.325 e. The number of aromatic nitrogens is 1. The maximum atomic E-state index is 12.7. The molecule has 1 saturated carbocycles. The van der Waals surface area contributed by atoms with Crippen molar-refractivity contribution in [3.8, 4) is 0 Å². The highest BCUT2D eigenvalue weighted by Crippen LogP contribution is 2.34. The van der Waals surface area contributed by atoms with Crippen LogP contribution in [0.2, 0.25) is 5.02 Å². The molecule has 0 bridgehead atoms. The van der Waals surface area contributed by atoms with Crippen molar-refractivity contribution in [3.63, 3.8) is 0 Å². The Hall–Kier alpha value is -1.86. The van der Waals surface area contributed by atoms with Crippen LogP contribution in [0.4, 0.5) is 10.6 Å². The molecular formula is C18H24ClN5O2. The molecule has 1 aromatic rings. The van der Waals surface area contributed by atoms with Crippen LogP contribution in [0.15, 0.2) is 18.3 Å². The zero-order chi connectivity index (χ0) is 18.1. The van der Waals surface area contributed by atoms with Gasteiger partial charge in [-0.2, -0.15) is 0 Å². The number of carbonyl (C=O) groups excluding carboxylic acids is 2. The maximum absolute atomic E-state index is 12.7. The van der Waals surface area contributed by atoms with Crippen molar-refractivity contribution in [1.29, 1.82) is 0 Å². The van der Waals surface area contributed by atoms with E-state index in [0.717, 1.165) is 64.2 Å². The zero-order valence-corrected chi connectivity index (χ0v) is 15.5. The van der Waals surface area contributed by atoms with Gasteiger partial charge >= 0.3 is 6.03 Å². The second-order valence-electron chi connectivity index (χ2n) is 7.34. The molecule has 3 aliphatic rings. The Labute approximate surface area is 158 Å². The number of pyridine rings is 1. The van der Waals surface area contributed by atoms with Gasteiger partial charge in [0.2, 0.25) is 0 Å². The lowest BCUT2D eigenvalue weighted by Gasteiger charge is -2.35. The van der Waals surface area contributed by atoms with Crippen LogP contribution in [0, 0.1) is 0 Å². The average Bonchev–Trinajstić information content (AvgIpc) is 3.21.